The number of rotatable bonds is 14. The molecule has 11 heteroatoms. The van der Waals surface area contributed by atoms with Crippen molar-refractivity contribution in [1.82, 2.24) is 5.32 Å². The van der Waals surface area contributed by atoms with E-state index in [1.165, 1.54) is 0 Å². The van der Waals surface area contributed by atoms with Gasteiger partial charge in [0.05, 0.1) is 13.7 Å². The number of nitrogens with one attached hydrogen (secondary N) is 1. The van der Waals surface area contributed by atoms with Gasteiger partial charge in [-0.25, -0.2) is 4.99 Å². The first kappa shape index (κ1) is 32.6. The number of carbonyl (C=O) groups is 1. The summed E-state index contributed by atoms with van der Waals surface area (Å²) < 4.78 is 18.4. The number of ether oxygens (including phenoxy) is 3. The lowest BCUT2D eigenvalue weighted by Crippen LogP contribution is -2.50. The third-order valence-electron chi connectivity index (χ3n) is 7.68. The number of benzene rings is 4. The van der Waals surface area contributed by atoms with E-state index >= 15 is 0 Å². The van der Waals surface area contributed by atoms with E-state index in [1.54, 1.807) is 31.4 Å². The molecule has 0 fully saturated rings. The monoisotopic (exact) mass is 683 g/mol. The minimum atomic E-state index is -1.46. The van der Waals surface area contributed by atoms with Crippen LogP contribution in [0.3, 0.4) is 0 Å². The van der Waals surface area contributed by atoms with E-state index in [0.29, 0.717) is 54.5 Å². The SMILES string of the molecule is COc1ccc(CCNC(=O)[C@]2(Cc3ccccc3N=[N+]=[N-])N=C(c3ccc(OCCCO)cc3)O[C@@H]2c2ccccc2Br)cc1. The summed E-state index contributed by atoms with van der Waals surface area (Å²) in [5, 5.41) is 16.1. The minimum absolute atomic E-state index is 0.0478. The van der Waals surface area contributed by atoms with E-state index in [-0.39, 0.29) is 18.9 Å². The number of amides is 1. The number of nitrogens with zero attached hydrogens (tertiary/aromatic N) is 4. The molecule has 0 saturated carbocycles. The van der Waals surface area contributed by atoms with Crippen LogP contribution in [0.25, 0.3) is 10.4 Å². The average Bonchev–Trinajstić information content (AvgIpc) is 3.47. The van der Waals surface area contributed by atoms with E-state index in [2.05, 4.69) is 31.3 Å². The Morgan fingerprint density at radius 2 is 1.76 bits per heavy atom. The lowest BCUT2D eigenvalue weighted by molar-refractivity contribution is -0.128. The highest BCUT2D eigenvalue weighted by atomic mass is 79.9. The molecule has 10 nitrogen and oxygen atoms in total. The first-order chi connectivity index (χ1) is 22.5. The van der Waals surface area contributed by atoms with Gasteiger partial charge < -0.3 is 24.6 Å². The first-order valence-electron chi connectivity index (χ1n) is 14.9. The number of azide groups is 1. The molecule has 0 radical (unpaired) electrons. The standard InChI is InChI=1S/C35H34BrN5O5/c1-44-27-15-11-24(12-16-27)19-20-38-34(43)35(23-26-7-2-5-10-31(26)40-41-37)32(29-8-3-4-9-30(29)36)46-33(39-35)25-13-17-28(18-14-25)45-22-6-21-42/h2-5,7-18,32,42H,6,19-23H2,1H3,(H,38,43)/t32-,35-/m1/s1. The van der Waals surface area contributed by atoms with Crippen LogP contribution in [0.4, 0.5) is 5.69 Å². The van der Waals surface area contributed by atoms with Crippen LogP contribution in [0.2, 0.25) is 0 Å². The highest BCUT2D eigenvalue weighted by Crippen LogP contribution is 2.45. The molecule has 5 rings (SSSR count). The van der Waals surface area contributed by atoms with E-state index < -0.39 is 11.6 Å². The topological polar surface area (TPSA) is 138 Å². The summed E-state index contributed by atoms with van der Waals surface area (Å²) in [6, 6.07) is 29.7. The van der Waals surface area contributed by atoms with Crippen LogP contribution in [0.1, 0.15) is 34.8 Å². The summed E-state index contributed by atoms with van der Waals surface area (Å²) in [7, 11) is 1.62. The number of methoxy groups -OCH3 is 1. The van der Waals surface area contributed by atoms with Gasteiger partial charge in [0.1, 0.15) is 11.5 Å². The summed E-state index contributed by atoms with van der Waals surface area (Å²) in [4.78, 5) is 22.6. The molecule has 0 bridgehead atoms. The Morgan fingerprint density at radius 3 is 2.48 bits per heavy atom. The Morgan fingerprint density at radius 1 is 1.04 bits per heavy atom. The zero-order valence-corrected chi connectivity index (χ0v) is 26.9. The summed E-state index contributed by atoms with van der Waals surface area (Å²) in [5.41, 5.74) is 11.3. The van der Waals surface area contributed by atoms with Crippen LogP contribution < -0.4 is 14.8 Å². The van der Waals surface area contributed by atoms with Crippen molar-refractivity contribution in [2.24, 2.45) is 10.1 Å². The molecular weight excluding hydrogens is 650 g/mol. The van der Waals surface area contributed by atoms with Crippen molar-refractivity contribution in [3.05, 3.63) is 134 Å². The third-order valence-corrected chi connectivity index (χ3v) is 8.40. The van der Waals surface area contributed by atoms with Gasteiger partial charge in [0, 0.05) is 52.2 Å². The molecule has 4 aromatic carbocycles. The van der Waals surface area contributed by atoms with Gasteiger partial charge in [0.15, 0.2) is 11.6 Å². The van der Waals surface area contributed by atoms with Gasteiger partial charge in [-0.2, -0.15) is 0 Å². The molecule has 1 aliphatic rings. The largest absolute Gasteiger partial charge is 0.497 e. The quantitative estimate of drug-likeness (QED) is 0.0637. The van der Waals surface area contributed by atoms with Crippen molar-refractivity contribution in [3.8, 4) is 11.5 Å². The van der Waals surface area contributed by atoms with Crippen molar-refractivity contribution in [1.29, 1.82) is 0 Å². The maximum atomic E-state index is 14.5. The van der Waals surface area contributed by atoms with Crippen molar-refractivity contribution in [2.45, 2.75) is 30.9 Å². The number of carbonyl (C=O) groups excluding carboxylic acids is 1. The molecule has 236 valence electrons. The van der Waals surface area contributed by atoms with Crippen LogP contribution in [-0.2, 0) is 22.4 Å². The Hall–Kier alpha value is -4.83. The van der Waals surface area contributed by atoms with Crippen LogP contribution in [0, 0.1) is 0 Å². The van der Waals surface area contributed by atoms with Gasteiger partial charge >= 0.3 is 0 Å². The maximum absolute atomic E-state index is 14.5. The molecule has 46 heavy (non-hydrogen) atoms. The predicted molar refractivity (Wildman–Crippen MR) is 180 cm³/mol. The Balaban J connectivity index is 1.55. The molecule has 2 N–H and O–H groups in total. The maximum Gasteiger partial charge on any atom is 0.252 e. The van der Waals surface area contributed by atoms with Gasteiger partial charge in [-0.1, -0.05) is 75.6 Å². The Labute approximate surface area is 275 Å². The molecule has 1 heterocycles. The van der Waals surface area contributed by atoms with Crippen LogP contribution in [-0.4, -0.2) is 49.3 Å². The fourth-order valence-corrected chi connectivity index (χ4v) is 5.80. The average molecular weight is 685 g/mol. The van der Waals surface area contributed by atoms with E-state index in [1.807, 2.05) is 72.8 Å². The second kappa shape index (κ2) is 15.4. The van der Waals surface area contributed by atoms with E-state index in [0.717, 1.165) is 21.3 Å². The predicted octanol–water partition coefficient (Wildman–Crippen LogP) is 7.02. The van der Waals surface area contributed by atoms with Gasteiger partial charge in [-0.05, 0) is 65.5 Å². The van der Waals surface area contributed by atoms with E-state index in [4.69, 9.17) is 24.3 Å². The molecule has 1 aliphatic heterocycles. The summed E-state index contributed by atoms with van der Waals surface area (Å²) in [6.45, 7) is 0.798. The lowest BCUT2D eigenvalue weighted by atomic mass is 9.81. The van der Waals surface area contributed by atoms with Gasteiger partial charge in [0.2, 0.25) is 5.90 Å². The van der Waals surface area contributed by atoms with Crippen molar-refractivity contribution in [2.75, 3.05) is 26.9 Å². The van der Waals surface area contributed by atoms with Crippen LogP contribution in [0.5, 0.6) is 11.5 Å². The Bertz CT molecular complexity index is 1720. The highest BCUT2D eigenvalue weighted by Gasteiger charge is 2.54. The second-order valence-corrected chi connectivity index (χ2v) is 11.5. The molecule has 0 aliphatic carbocycles. The lowest BCUT2D eigenvalue weighted by Gasteiger charge is -2.31. The van der Waals surface area contributed by atoms with E-state index in [9.17, 15) is 10.3 Å². The first-order valence-corrected chi connectivity index (χ1v) is 15.7. The molecule has 0 saturated heterocycles. The van der Waals surface area contributed by atoms with Crippen molar-refractivity contribution >= 4 is 33.4 Å². The number of hydrogen-bond donors (Lipinski definition) is 2. The molecule has 1 amide bonds. The smallest absolute Gasteiger partial charge is 0.252 e. The second-order valence-electron chi connectivity index (χ2n) is 10.7. The summed E-state index contributed by atoms with van der Waals surface area (Å²) >= 11 is 3.67. The summed E-state index contributed by atoms with van der Waals surface area (Å²) in [6.07, 6.45) is 0.405. The molecule has 2 atom stereocenters. The number of aliphatic imine (C=N–C) groups is 1. The molecular formula is C35H34BrN5O5. The Kier molecular flexibility index (Phi) is 10.9. The third kappa shape index (κ3) is 7.51. The molecule has 0 aromatic heterocycles. The minimum Gasteiger partial charge on any atom is -0.497 e. The highest BCUT2D eigenvalue weighted by molar-refractivity contribution is 9.10. The summed E-state index contributed by atoms with van der Waals surface area (Å²) in [5.74, 6) is 1.38. The van der Waals surface area contributed by atoms with Crippen molar-refractivity contribution in [3.63, 3.8) is 0 Å². The molecule has 4 aromatic rings. The molecule has 0 spiro atoms. The normalized spacial score (nSPS) is 16.9. The van der Waals surface area contributed by atoms with Crippen LogP contribution >= 0.6 is 15.9 Å². The fraction of sp³-hybridized carbons (Fsp3) is 0.257. The zero-order valence-electron chi connectivity index (χ0n) is 25.3. The number of aliphatic hydroxyl groups is 1. The number of aliphatic hydroxyl groups excluding tert-OH is 1. The van der Waals surface area contributed by atoms with Crippen LogP contribution in [0.15, 0.2) is 112 Å². The molecule has 0 unspecified atom stereocenters. The van der Waals surface area contributed by atoms with Gasteiger partial charge in [0.25, 0.3) is 5.91 Å². The fourth-order valence-electron chi connectivity index (χ4n) is 5.31. The van der Waals surface area contributed by atoms with Crippen molar-refractivity contribution < 1.29 is 24.1 Å². The number of halogens is 1. The zero-order chi connectivity index (χ0) is 32.4. The number of hydrogen-bond acceptors (Lipinski definition) is 7. The van der Waals surface area contributed by atoms with Gasteiger partial charge in [-0.15, -0.1) is 0 Å². The van der Waals surface area contributed by atoms with Gasteiger partial charge in [-0.3, -0.25) is 4.79 Å².